The van der Waals surface area contributed by atoms with Crippen LogP contribution < -0.4 is 10.1 Å². The van der Waals surface area contributed by atoms with E-state index >= 15 is 0 Å². The Hall–Kier alpha value is -2.24. The Bertz CT molecular complexity index is 908. The molecule has 0 aromatic heterocycles. The van der Waals surface area contributed by atoms with Crippen LogP contribution in [-0.2, 0) is 22.6 Å². The van der Waals surface area contributed by atoms with Crippen molar-refractivity contribution in [3.8, 4) is 5.75 Å². The molecule has 2 aromatic carbocycles. The van der Waals surface area contributed by atoms with Gasteiger partial charge in [0.1, 0.15) is 11.8 Å². The van der Waals surface area contributed by atoms with E-state index in [1.807, 2.05) is 58.0 Å². The molecular weight excluding hydrogens is 435 g/mol. The first-order valence-electron chi connectivity index (χ1n) is 10.2. The third-order valence-electron chi connectivity index (χ3n) is 4.74. The van der Waals surface area contributed by atoms with E-state index in [0.717, 1.165) is 16.9 Å². The number of hydrogen-bond acceptors (Lipinski definition) is 3. The van der Waals surface area contributed by atoms with Gasteiger partial charge in [-0.15, -0.1) is 0 Å². The van der Waals surface area contributed by atoms with Crippen molar-refractivity contribution in [2.45, 2.75) is 58.7 Å². The predicted molar refractivity (Wildman–Crippen MR) is 126 cm³/mol. The Morgan fingerprint density at radius 3 is 2.16 bits per heavy atom. The Labute approximate surface area is 194 Å². The van der Waals surface area contributed by atoms with Gasteiger partial charge in [-0.1, -0.05) is 48.3 Å². The first-order valence-corrected chi connectivity index (χ1v) is 11.0. The first-order chi connectivity index (χ1) is 14.5. The Morgan fingerprint density at radius 1 is 1.03 bits per heavy atom. The minimum Gasteiger partial charge on any atom is -0.497 e. The largest absolute Gasteiger partial charge is 0.497 e. The fraction of sp³-hybridized carbons (Fsp3) is 0.417. The predicted octanol–water partition coefficient (Wildman–Crippen LogP) is 5.27. The molecule has 0 aliphatic carbocycles. The molecule has 0 aliphatic rings. The van der Waals surface area contributed by atoms with E-state index in [4.69, 9.17) is 27.9 Å². The van der Waals surface area contributed by atoms with E-state index in [9.17, 15) is 9.59 Å². The number of rotatable bonds is 8. The van der Waals surface area contributed by atoms with Crippen molar-refractivity contribution >= 4 is 35.0 Å². The van der Waals surface area contributed by atoms with Gasteiger partial charge in [0.15, 0.2) is 0 Å². The minimum atomic E-state index is -0.612. The second-order valence-electron chi connectivity index (χ2n) is 8.46. The van der Waals surface area contributed by atoms with Crippen molar-refractivity contribution in [2.75, 3.05) is 7.11 Å². The smallest absolute Gasteiger partial charge is 0.243 e. The lowest BCUT2D eigenvalue weighted by atomic mass is 10.0. The molecule has 1 atom stereocenters. The zero-order chi connectivity index (χ0) is 23.2. The Kier molecular flexibility index (Phi) is 8.78. The Morgan fingerprint density at radius 2 is 1.65 bits per heavy atom. The molecule has 0 spiro atoms. The van der Waals surface area contributed by atoms with Crippen LogP contribution in [0, 0.1) is 0 Å². The average Bonchev–Trinajstić information content (AvgIpc) is 2.69. The molecule has 2 rings (SSSR count). The highest BCUT2D eigenvalue weighted by Crippen LogP contribution is 2.24. The van der Waals surface area contributed by atoms with E-state index < -0.39 is 11.6 Å². The van der Waals surface area contributed by atoms with Crippen molar-refractivity contribution in [1.82, 2.24) is 10.2 Å². The van der Waals surface area contributed by atoms with Crippen molar-refractivity contribution in [3.05, 3.63) is 63.6 Å². The molecule has 2 aromatic rings. The molecule has 0 saturated heterocycles. The molecule has 7 heteroatoms. The summed E-state index contributed by atoms with van der Waals surface area (Å²) in [4.78, 5) is 28.0. The van der Waals surface area contributed by atoms with Gasteiger partial charge in [0.25, 0.3) is 0 Å². The second kappa shape index (κ2) is 10.9. The van der Waals surface area contributed by atoms with E-state index in [1.165, 1.54) is 0 Å². The van der Waals surface area contributed by atoms with E-state index in [0.29, 0.717) is 16.5 Å². The monoisotopic (exact) mass is 464 g/mol. The van der Waals surface area contributed by atoms with Crippen LogP contribution in [0.3, 0.4) is 0 Å². The van der Waals surface area contributed by atoms with Crippen LogP contribution in [0.15, 0.2) is 42.5 Å². The van der Waals surface area contributed by atoms with E-state index in [-0.39, 0.29) is 24.8 Å². The van der Waals surface area contributed by atoms with Gasteiger partial charge in [-0.25, -0.2) is 0 Å². The van der Waals surface area contributed by atoms with Gasteiger partial charge in [-0.3, -0.25) is 9.59 Å². The minimum absolute atomic E-state index is 0.146. The van der Waals surface area contributed by atoms with Crippen LogP contribution in [0.2, 0.25) is 10.0 Å². The lowest BCUT2D eigenvalue weighted by Crippen LogP contribution is -2.53. The summed E-state index contributed by atoms with van der Waals surface area (Å²) < 4.78 is 5.18. The van der Waals surface area contributed by atoms with Gasteiger partial charge < -0.3 is 15.0 Å². The average molecular weight is 465 g/mol. The van der Waals surface area contributed by atoms with Gasteiger partial charge in [0.05, 0.1) is 23.6 Å². The lowest BCUT2D eigenvalue weighted by molar-refractivity contribution is -0.141. The summed E-state index contributed by atoms with van der Waals surface area (Å²) in [6, 6.07) is 12.0. The first kappa shape index (κ1) is 25.0. The van der Waals surface area contributed by atoms with Crippen LogP contribution in [-0.4, -0.2) is 35.4 Å². The van der Waals surface area contributed by atoms with Crippen LogP contribution in [0.25, 0.3) is 0 Å². The number of benzene rings is 2. The van der Waals surface area contributed by atoms with Gasteiger partial charge in [-0.2, -0.15) is 0 Å². The summed E-state index contributed by atoms with van der Waals surface area (Å²) in [6.07, 6.45) is 0.655. The van der Waals surface area contributed by atoms with Crippen molar-refractivity contribution in [3.63, 3.8) is 0 Å². The highest BCUT2D eigenvalue weighted by molar-refractivity contribution is 6.42. The second-order valence-corrected chi connectivity index (χ2v) is 9.27. The van der Waals surface area contributed by atoms with Crippen molar-refractivity contribution in [2.24, 2.45) is 0 Å². The third-order valence-corrected chi connectivity index (χ3v) is 5.47. The summed E-state index contributed by atoms with van der Waals surface area (Å²) >= 11 is 12.2. The number of hydrogen-bond donors (Lipinski definition) is 1. The molecule has 0 saturated carbocycles. The molecule has 1 N–H and O–H groups in total. The number of methoxy groups -OCH3 is 1. The SMILES string of the molecule is CC[C@@H](C(=O)NC(C)(C)C)N(Cc1ccc(Cl)c(Cl)c1)C(=O)Cc1ccc(OC)cc1. The number of carbonyl (C=O) groups excluding carboxylic acids is 2. The number of amides is 2. The van der Waals surface area contributed by atoms with Gasteiger partial charge >= 0.3 is 0 Å². The van der Waals surface area contributed by atoms with E-state index in [1.54, 1.807) is 24.1 Å². The molecule has 0 bridgehead atoms. The number of ether oxygens (including phenoxy) is 1. The number of halogens is 2. The topological polar surface area (TPSA) is 58.6 Å². The number of carbonyl (C=O) groups is 2. The van der Waals surface area contributed by atoms with Gasteiger partial charge in [0.2, 0.25) is 11.8 Å². The van der Waals surface area contributed by atoms with Crippen LogP contribution in [0.5, 0.6) is 5.75 Å². The number of nitrogens with one attached hydrogen (secondary N) is 1. The van der Waals surface area contributed by atoms with Crippen molar-refractivity contribution in [1.29, 1.82) is 0 Å². The molecule has 2 amide bonds. The molecule has 5 nitrogen and oxygen atoms in total. The van der Waals surface area contributed by atoms with Crippen LogP contribution in [0.4, 0.5) is 0 Å². The maximum absolute atomic E-state index is 13.3. The zero-order valence-electron chi connectivity index (χ0n) is 18.7. The van der Waals surface area contributed by atoms with Crippen molar-refractivity contribution < 1.29 is 14.3 Å². The fourth-order valence-electron chi connectivity index (χ4n) is 3.23. The lowest BCUT2D eigenvalue weighted by Gasteiger charge is -2.33. The van der Waals surface area contributed by atoms with Crippen LogP contribution >= 0.6 is 23.2 Å². The Balaban J connectivity index is 2.32. The maximum Gasteiger partial charge on any atom is 0.243 e. The molecule has 0 aliphatic heterocycles. The third kappa shape index (κ3) is 7.44. The van der Waals surface area contributed by atoms with Gasteiger partial charge in [0, 0.05) is 12.1 Å². The molecule has 0 fully saturated rings. The molecule has 0 unspecified atom stereocenters. The molecule has 0 radical (unpaired) electrons. The standard InChI is InChI=1S/C24H30Cl2N2O3/c1-6-21(23(30)27-24(2,3)4)28(15-17-9-12-19(25)20(26)13-17)22(29)14-16-7-10-18(31-5)11-8-16/h7-13,21H,6,14-15H2,1-5H3,(H,27,30)/t21-/m0/s1. The molecule has 31 heavy (non-hydrogen) atoms. The summed E-state index contributed by atoms with van der Waals surface area (Å²) in [5, 5.41) is 3.85. The van der Waals surface area contributed by atoms with Gasteiger partial charge in [-0.05, 0) is 62.6 Å². The summed E-state index contributed by atoms with van der Waals surface area (Å²) in [7, 11) is 1.60. The summed E-state index contributed by atoms with van der Waals surface area (Å²) in [6.45, 7) is 7.90. The molecular formula is C24H30Cl2N2O3. The quantitative estimate of drug-likeness (QED) is 0.578. The highest BCUT2D eigenvalue weighted by Gasteiger charge is 2.30. The highest BCUT2D eigenvalue weighted by atomic mass is 35.5. The van der Waals surface area contributed by atoms with E-state index in [2.05, 4.69) is 5.32 Å². The molecule has 0 heterocycles. The fourth-order valence-corrected chi connectivity index (χ4v) is 3.55. The number of nitrogens with zero attached hydrogens (tertiary/aromatic N) is 1. The van der Waals surface area contributed by atoms with Crippen LogP contribution in [0.1, 0.15) is 45.2 Å². The maximum atomic E-state index is 13.3. The normalized spacial score (nSPS) is 12.2. The zero-order valence-corrected chi connectivity index (χ0v) is 20.2. The summed E-state index contributed by atoms with van der Waals surface area (Å²) in [5.41, 5.74) is 1.24. The molecule has 168 valence electrons. The summed E-state index contributed by atoms with van der Waals surface area (Å²) in [5.74, 6) is 0.394.